The van der Waals surface area contributed by atoms with E-state index in [9.17, 15) is 0 Å². The number of hydrogen-bond donors (Lipinski definition) is 1. The Morgan fingerprint density at radius 1 is 1.50 bits per heavy atom. The number of nitrogens with zero attached hydrogens (tertiary/aromatic N) is 1. The van der Waals surface area contributed by atoms with Crippen molar-refractivity contribution in [3.8, 4) is 0 Å². The molecule has 0 aromatic heterocycles. The summed E-state index contributed by atoms with van der Waals surface area (Å²) in [4.78, 5) is 5.42. The molecule has 14 heavy (non-hydrogen) atoms. The molecule has 1 aromatic carbocycles. The molecule has 1 heterocycles. The molecule has 2 rings (SSSR count). The zero-order chi connectivity index (χ0) is 9.97. The summed E-state index contributed by atoms with van der Waals surface area (Å²) in [6.45, 7) is 2.63. The zero-order valence-electron chi connectivity index (χ0n) is 7.87. The Morgan fingerprint density at radius 2 is 2.36 bits per heavy atom. The number of hydroxylamine groups is 2. The highest BCUT2D eigenvalue weighted by molar-refractivity contribution is 9.10. The van der Waals surface area contributed by atoms with Crippen LogP contribution in [0.15, 0.2) is 22.7 Å². The number of hydrogen-bond acceptors (Lipinski definition) is 3. The van der Waals surface area contributed by atoms with E-state index in [2.05, 4.69) is 22.0 Å². The van der Waals surface area contributed by atoms with E-state index >= 15 is 0 Å². The van der Waals surface area contributed by atoms with E-state index in [0.29, 0.717) is 0 Å². The summed E-state index contributed by atoms with van der Waals surface area (Å²) in [5.74, 6) is 0. The van der Waals surface area contributed by atoms with Gasteiger partial charge in [-0.3, -0.25) is 4.84 Å². The van der Waals surface area contributed by atoms with Gasteiger partial charge >= 0.3 is 0 Å². The van der Waals surface area contributed by atoms with Crippen molar-refractivity contribution in [2.45, 2.75) is 13.0 Å². The van der Waals surface area contributed by atoms with E-state index in [4.69, 9.17) is 10.6 Å². The van der Waals surface area contributed by atoms with Gasteiger partial charge in [0.2, 0.25) is 0 Å². The van der Waals surface area contributed by atoms with Gasteiger partial charge < -0.3 is 5.73 Å². The fraction of sp³-hybridized carbons (Fsp3) is 0.400. The maximum atomic E-state index is 5.79. The molecular formula is C10H13BrN2O. The van der Waals surface area contributed by atoms with E-state index in [1.54, 1.807) is 0 Å². The van der Waals surface area contributed by atoms with E-state index in [0.717, 1.165) is 36.3 Å². The van der Waals surface area contributed by atoms with Gasteiger partial charge in [0.1, 0.15) is 0 Å². The molecule has 1 aliphatic rings. The largest absolute Gasteiger partial charge is 0.398 e. The van der Waals surface area contributed by atoms with E-state index < -0.39 is 0 Å². The van der Waals surface area contributed by atoms with Crippen LogP contribution in [-0.2, 0) is 11.4 Å². The quantitative estimate of drug-likeness (QED) is 0.825. The lowest BCUT2D eigenvalue weighted by Crippen LogP contribution is -2.17. The molecule has 0 bridgehead atoms. The molecule has 0 amide bonds. The molecule has 2 N–H and O–H groups in total. The first-order chi connectivity index (χ1) is 6.77. The summed E-state index contributed by atoms with van der Waals surface area (Å²) < 4.78 is 0.982. The minimum atomic E-state index is 0.779. The van der Waals surface area contributed by atoms with Gasteiger partial charge in [-0.05, 0) is 34.0 Å². The SMILES string of the molecule is Nc1cccc(CN2CCCO2)c1Br. The van der Waals surface area contributed by atoms with Crippen LogP contribution in [-0.4, -0.2) is 18.2 Å². The predicted octanol–water partition coefficient (Wildman–Crippen LogP) is 2.17. The monoisotopic (exact) mass is 256 g/mol. The van der Waals surface area contributed by atoms with Gasteiger partial charge in [0.15, 0.2) is 0 Å². The Kier molecular flexibility index (Phi) is 3.05. The van der Waals surface area contributed by atoms with Crippen molar-refractivity contribution in [2.75, 3.05) is 18.9 Å². The Labute approximate surface area is 91.9 Å². The van der Waals surface area contributed by atoms with Gasteiger partial charge in [0.25, 0.3) is 0 Å². The predicted molar refractivity (Wildman–Crippen MR) is 59.5 cm³/mol. The number of nitrogens with two attached hydrogens (primary N) is 1. The fourth-order valence-corrected chi connectivity index (χ4v) is 1.93. The van der Waals surface area contributed by atoms with Crippen LogP contribution in [0, 0.1) is 0 Å². The zero-order valence-corrected chi connectivity index (χ0v) is 9.46. The van der Waals surface area contributed by atoms with Gasteiger partial charge in [-0.15, -0.1) is 0 Å². The van der Waals surface area contributed by atoms with Crippen LogP contribution in [0.1, 0.15) is 12.0 Å². The summed E-state index contributed by atoms with van der Waals surface area (Å²) >= 11 is 3.48. The number of halogens is 1. The molecule has 1 aliphatic heterocycles. The van der Waals surface area contributed by atoms with Crippen LogP contribution in [0.25, 0.3) is 0 Å². The first kappa shape index (κ1) is 9.96. The molecule has 0 saturated carbocycles. The van der Waals surface area contributed by atoms with Crippen LogP contribution in [0.2, 0.25) is 0 Å². The van der Waals surface area contributed by atoms with Gasteiger partial charge in [-0.25, -0.2) is 0 Å². The van der Waals surface area contributed by atoms with Crippen LogP contribution in [0.3, 0.4) is 0 Å². The van der Waals surface area contributed by atoms with Crippen molar-refractivity contribution in [3.63, 3.8) is 0 Å². The normalized spacial score (nSPS) is 17.5. The van der Waals surface area contributed by atoms with Crippen molar-refractivity contribution in [2.24, 2.45) is 0 Å². The van der Waals surface area contributed by atoms with Crippen molar-refractivity contribution in [1.29, 1.82) is 0 Å². The van der Waals surface area contributed by atoms with Gasteiger partial charge in [0, 0.05) is 16.7 Å². The summed E-state index contributed by atoms with van der Waals surface area (Å²) in [6.07, 6.45) is 1.11. The van der Waals surface area contributed by atoms with Gasteiger partial charge in [-0.2, -0.15) is 5.06 Å². The Morgan fingerprint density at radius 3 is 3.07 bits per heavy atom. The second kappa shape index (κ2) is 4.29. The van der Waals surface area contributed by atoms with Gasteiger partial charge in [0.05, 0.1) is 13.2 Å². The van der Waals surface area contributed by atoms with Crippen molar-refractivity contribution >= 4 is 21.6 Å². The molecule has 0 spiro atoms. The van der Waals surface area contributed by atoms with E-state index in [1.165, 1.54) is 5.56 Å². The second-order valence-electron chi connectivity index (χ2n) is 3.37. The van der Waals surface area contributed by atoms with Crippen molar-refractivity contribution < 1.29 is 4.84 Å². The highest BCUT2D eigenvalue weighted by atomic mass is 79.9. The molecule has 0 aliphatic carbocycles. The Bertz CT molecular complexity index is 324. The first-order valence-corrected chi connectivity index (χ1v) is 5.47. The summed E-state index contributed by atoms with van der Waals surface area (Å²) in [5, 5.41) is 1.97. The molecule has 3 nitrogen and oxygen atoms in total. The lowest BCUT2D eigenvalue weighted by Gasteiger charge is -2.15. The number of anilines is 1. The first-order valence-electron chi connectivity index (χ1n) is 4.68. The molecule has 76 valence electrons. The van der Waals surface area contributed by atoms with Crippen molar-refractivity contribution in [1.82, 2.24) is 5.06 Å². The van der Waals surface area contributed by atoms with E-state index in [1.807, 2.05) is 17.2 Å². The Hall–Kier alpha value is -0.580. The van der Waals surface area contributed by atoms with Crippen LogP contribution >= 0.6 is 15.9 Å². The van der Waals surface area contributed by atoms with E-state index in [-0.39, 0.29) is 0 Å². The van der Waals surface area contributed by atoms with Crippen molar-refractivity contribution in [3.05, 3.63) is 28.2 Å². The average Bonchev–Trinajstić information content (AvgIpc) is 2.66. The third-order valence-electron chi connectivity index (χ3n) is 2.28. The lowest BCUT2D eigenvalue weighted by molar-refractivity contribution is -0.117. The third kappa shape index (κ3) is 2.08. The molecule has 0 radical (unpaired) electrons. The second-order valence-corrected chi connectivity index (χ2v) is 4.16. The Balaban J connectivity index is 2.11. The van der Waals surface area contributed by atoms with Gasteiger partial charge in [-0.1, -0.05) is 12.1 Å². The molecule has 1 saturated heterocycles. The van der Waals surface area contributed by atoms with Crippen LogP contribution in [0.4, 0.5) is 5.69 Å². The summed E-state index contributed by atoms with van der Waals surface area (Å²) in [6, 6.07) is 5.91. The third-order valence-corrected chi connectivity index (χ3v) is 3.25. The maximum Gasteiger partial charge on any atom is 0.0698 e. The molecule has 0 unspecified atom stereocenters. The molecule has 1 aromatic rings. The standard InChI is InChI=1S/C10H13BrN2O/c11-10-8(3-1-4-9(10)12)7-13-5-2-6-14-13/h1,3-4H,2,5-7,12H2. The lowest BCUT2D eigenvalue weighted by atomic mass is 10.2. The summed E-state index contributed by atoms with van der Waals surface area (Å²) in [7, 11) is 0. The number of benzene rings is 1. The number of rotatable bonds is 2. The van der Waals surface area contributed by atoms with Crippen LogP contribution < -0.4 is 5.73 Å². The highest BCUT2D eigenvalue weighted by Crippen LogP contribution is 2.25. The molecule has 1 fully saturated rings. The maximum absolute atomic E-state index is 5.79. The molecule has 0 atom stereocenters. The average molecular weight is 257 g/mol. The minimum absolute atomic E-state index is 0.779. The molecule has 4 heteroatoms. The van der Waals surface area contributed by atoms with Crippen LogP contribution in [0.5, 0.6) is 0 Å². The smallest absolute Gasteiger partial charge is 0.0698 e. The minimum Gasteiger partial charge on any atom is -0.398 e. The highest BCUT2D eigenvalue weighted by Gasteiger charge is 2.14. The fourth-order valence-electron chi connectivity index (χ4n) is 1.54. The molecular weight excluding hydrogens is 244 g/mol. The topological polar surface area (TPSA) is 38.5 Å². The number of nitrogen functional groups attached to an aromatic ring is 1. The summed E-state index contributed by atoms with van der Waals surface area (Å²) in [5.41, 5.74) is 7.74.